The first-order valence-corrected chi connectivity index (χ1v) is 6.05. The molecule has 1 aromatic carbocycles. The molecular weight excluding hydrogens is 442 g/mol. The fourth-order valence-electron chi connectivity index (χ4n) is 0.622. The third kappa shape index (κ3) is 12.2. The molecule has 30 heavy (non-hydrogen) atoms. The topological polar surface area (TPSA) is 224 Å². The van der Waals surface area contributed by atoms with Crippen LogP contribution in [0.25, 0.3) is 0 Å². The van der Waals surface area contributed by atoms with Gasteiger partial charge in [-0.05, 0) is 5.46 Å². The molecule has 6 N–H and O–H groups in total. The SMILES string of the molecule is O=C(O)C(=O)O.O=C(O)C(=O)O.O=C(O)C(=O)O.[B]c1c(F)c(F)c(F)c(F)c1F. The Kier molecular flexibility index (Phi) is 14.1. The van der Waals surface area contributed by atoms with Crippen molar-refractivity contribution in [1.29, 1.82) is 0 Å². The summed E-state index contributed by atoms with van der Waals surface area (Å²) in [5.74, 6) is -21.2. The summed E-state index contributed by atoms with van der Waals surface area (Å²) in [5, 5.41) is 44.3. The monoisotopic (exact) mass is 448 g/mol. The zero-order chi connectivity index (χ0) is 24.9. The summed E-state index contributed by atoms with van der Waals surface area (Å²) in [7, 11) is 4.56. The molecule has 0 heterocycles. The molecule has 0 bridgehead atoms. The maximum atomic E-state index is 12.3. The molecule has 0 aliphatic rings. The third-order valence-corrected chi connectivity index (χ3v) is 1.79. The molecule has 0 aliphatic carbocycles. The molecule has 1 aromatic rings. The van der Waals surface area contributed by atoms with Crippen LogP contribution in [0.4, 0.5) is 22.0 Å². The number of carbonyl (C=O) groups is 6. The summed E-state index contributed by atoms with van der Waals surface area (Å²) < 4.78 is 61.1. The average molecular weight is 448 g/mol. The molecule has 18 heteroatoms. The Hall–Kier alpha value is -4.25. The normalized spacial score (nSPS) is 8.57. The lowest BCUT2D eigenvalue weighted by Crippen LogP contribution is -2.20. The predicted octanol–water partition coefficient (Wildman–Crippen LogP) is -1.36. The highest BCUT2D eigenvalue weighted by Gasteiger charge is 2.22. The van der Waals surface area contributed by atoms with Gasteiger partial charge in [-0.15, -0.1) is 0 Å². The highest BCUT2D eigenvalue weighted by atomic mass is 19.2. The smallest absolute Gasteiger partial charge is 0.414 e. The van der Waals surface area contributed by atoms with E-state index in [4.69, 9.17) is 59.4 Å². The van der Waals surface area contributed by atoms with Gasteiger partial charge in [-0.2, -0.15) is 0 Å². The van der Waals surface area contributed by atoms with Crippen molar-refractivity contribution in [3.63, 3.8) is 0 Å². The van der Waals surface area contributed by atoms with Crippen molar-refractivity contribution in [3.8, 4) is 0 Å². The van der Waals surface area contributed by atoms with E-state index in [2.05, 4.69) is 7.85 Å². The van der Waals surface area contributed by atoms with Crippen LogP contribution in [0.15, 0.2) is 0 Å². The van der Waals surface area contributed by atoms with Gasteiger partial charge >= 0.3 is 35.8 Å². The summed E-state index contributed by atoms with van der Waals surface area (Å²) in [6.45, 7) is 0. The fraction of sp³-hybridized carbons (Fsp3) is 0. The molecule has 0 atom stereocenters. The lowest BCUT2D eigenvalue weighted by molar-refractivity contribution is -0.159. The van der Waals surface area contributed by atoms with Crippen molar-refractivity contribution in [2.24, 2.45) is 0 Å². The molecule has 0 aromatic heterocycles. The third-order valence-electron chi connectivity index (χ3n) is 1.79. The van der Waals surface area contributed by atoms with Crippen LogP contribution in [-0.4, -0.2) is 74.3 Å². The largest absolute Gasteiger partial charge is 0.473 e. The number of rotatable bonds is 0. The van der Waals surface area contributed by atoms with E-state index >= 15 is 0 Å². The van der Waals surface area contributed by atoms with Crippen molar-refractivity contribution in [3.05, 3.63) is 29.1 Å². The minimum atomic E-state index is -2.21. The second-order valence-electron chi connectivity index (χ2n) is 3.81. The van der Waals surface area contributed by atoms with Gasteiger partial charge in [0.1, 0.15) is 7.85 Å². The van der Waals surface area contributed by atoms with Crippen LogP contribution in [0, 0.1) is 29.1 Å². The van der Waals surface area contributed by atoms with Crippen LogP contribution >= 0.6 is 0 Å². The molecule has 0 unspecified atom stereocenters. The van der Waals surface area contributed by atoms with Crippen LogP contribution in [0.2, 0.25) is 0 Å². The minimum absolute atomic E-state index is 1.37. The Balaban J connectivity index is -0.000000349. The van der Waals surface area contributed by atoms with Gasteiger partial charge < -0.3 is 30.6 Å². The van der Waals surface area contributed by atoms with Gasteiger partial charge in [-0.25, -0.2) is 50.7 Å². The zero-order valence-electron chi connectivity index (χ0n) is 13.6. The van der Waals surface area contributed by atoms with Crippen molar-refractivity contribution in [2.75, 3.05) is 0 Å². The van der Waals surface area contributed by atoms with Gasteiger partial charge in [0.25, 0.3) is 0 Å². The van der Waals surface area contributed by atoms with E-state index in [1.165, 1.54) is 0 Å². The highest BCUT2D eigenvalue weighted by Crippen LogP contribution is 2.14. The molecule has 0 spiro atoms. The van der Waals surface area contributed by atoms with E-state index < -0.39 is 70.4 Å². The van der Waals surface area contributed by atoms with E-state index in [0.29, 0.717) is 0 Å². The second kappa shape index (κ2) is 13.9. The van der Waals surface area contributed by atoms with Crippen LogP contribution in [0.3, 0.4) is 0 Å². The van der Waals surface area contributed by atoms with Gasteiger partial charge in [-0.1, -0.05) is 0 Å². The lowest BCUT2D eigenvalue weighted by Gasteiger charge is -2.02. The van der Waals surface area contributed by atoms with Crippen LogP contribution in [-0.2, 0) is 28.8 Å². The molecule has 0 saturated heterocycles. The minimum Gasteiger partial charge on any atom is -0.473 e. The summed E-state index contributed by atoms with van der Waals surface area (Å²) in [6.07, 6.45) is 0. The number of halogens is 5. The van der Waals surface area contributed by atoms with E-state index in [9.17, 15) is 22.0 Å². The summed E-state index contributed by atoms with van der Waals surface area (Å²) in [4.78, 5) is 54.6. The highest BCUT2D eigenvalue weighted by molar-refractivity contribution is 6.32. The molecule has 164 valence electrons. The first-order chi connectivity index (χ1) is 13.4. The quantitative estimate of drug-likeness (QED) is 0.0891. The Morgan fingerprint density at radius 2 is 0.567 bits per heavy atom. The van der Waals surface area contributed by atoms with E-state index in [-0.39, 0.29) is 0 Å². The molecular formula is C12H6BF5O12. The van der Waals surface area contributed by atoms with E-state index in [1.54, 1.807) is 0 Å². The van der Waals surface area contributed by atoms with Gasteiger partial charge in [0.15, 0.2) is 29.1 Å². The van der Waals surface area contributed by atoms with Crippen LogP contribution in [0.1, 0.15) is 0 Å². The fourth-order valence-corrected chi connectivity index (χ4v) is 0.622. The number of carboxylic acids is 6. The van der Waals surface area contributed by atoms with Gasteiger partial charge in [-0.3, -0.25) is 0 Å². The Morgan fingerprint density at radius 1 is 0.433 bits per heavy atom. The molecule has 2 radical (unpaired) electrons. The lowest BCUT2D eigenvalue weighted by atomic mass is 9.94. The number of hydrogen-bond acceptors (Lipinski definition) is 6. The summed E-state index contributed by atoms with van der Waals surface area (Å²) in [5.41, 5.74) is -1.37. The molecule has 12 nitrogen and oxygen atoms in total. The number of carboxylic acid groups (broad SMARTS) is 6. The predicted molar refractivity (Wildman–Crippen MR) is 77.4 cm³/mol. The molecule has 0 fully saturated rings. The number of hydrogen-bond donors (Lipinski definition) is 6. The Labute approximate surface area is 160 Å². The zero-order valence-corrected chi connectivity index (χ0v) is 13.6. The van der Waals surface area contributed by atoms with Crippen LogP contribution in [0.5, 0.6) is 0 Å². The van der Waals surface area contributed by atoms with E-state index in [0.717, 1.165) is 0 Å². The van der Waals surface area contributed by atoms with Crippen LogP contribution < -0.4 is 5.46 Å². The number of benzene rings is 1. The Bertz CT molecular complexity index is 658. The van der Waals surface area contributed by atoms with Gasteiger partial charge in [0, 0.05) is 0 Å². The molecule has 1 rings (SSSR count). The summed E-state index contributed by atoms with van der Waals surface area (Å²) in [6, 6.07) is 0. The standard InChI is InChI=1S/C6BF5.3C2H2O4/c7-1-2(8)4(10)6(12)5(11)3(1)9;3*3-1(4)2(5)6/h;3*(H,3,4)(H,5,6). The first kappa shape index (κ1) is 30.5. The molecule has 0 amide bonds. The van der Waals surface area contributed by atoms with Crippen molar-refractivity contribution in [1.82, 2.24) is 0 Å². The number of aliphatic carboxylic acids is 6. The van der Waals surface area contributed by atoms with E-state index in [1.807, 2.05) is 0 Å². The van der Waals surface area contributed by atoms with Crippen molar-refractivity contribution >= 4 is 49.1 Å². The second-order valence-corrected chi connectivity index (χ2v) is 3.81. The Morgan fingerprint density at radius 3 is 0.700 bits per heavy atom. The molecule has 0 aliphatic heterocycles. The van der Waals surface area contributed by atoms with Gasteiger partial charge in [0.2, 0.25) is 0 Å². The van der Waals surface area contributed by atoms with Crippen molar-refractivity contribution < 1.29 is 81.4 Å². The van der Waals surface area contributed by atoms with Crippen molar-refractivity contribution in [2.45, 2.75) is 0 Å². The molecule has 0 saturated carbocycles. The summed E-state index contributed by atoms with van der Waals surface area (Å²) >= 11 is 0. The maximum absolute atomic E-state index is 12.3. The maximum Gasteiger partial charge on any atom is 0.414 e. The first-order valence-electron chi connectivity index (χ1n) is 6.05. The van der Waals surface area contributed by atoms with Gasteiger partial charge in [0.05, 0.1) is 0 Å². The average Bonchev–Trinajstić information content (AvgIpc) is 2.64.